The van der Waals surface area contributed by atoms with Crippen LogP contribution in [0.1, 0.15) is 29.5 Å². The van der Waals surface area contributed by atoms with Gasteiger partial charge in [-0.3, -0.25) is 0 Å². The molecule has 1 fully saturated rings. The summed E-state index contributed by atoms with van der Waals surface area (Å²) < 4.78 is 28.0. The van der Waals surface area contributed by atoms with E-state index in [1.807, 2.05) is 24.3 Å². The molecule has 1 aliphatic heterocycles. The van der Waals surface area contributed by atoms with Crippen LogP contribution in [0.15, 0.2) is 59.5 Å². The molecule has 0 aromatic heterocycles. The highest BCUT2D eigenvalue weighted by Crippen LogP contribution is 2.27. The Morgan fingerprint density at radius 1 is 0.964 bits per heavy atom. The van der Waals surface area contributed by atoms with Gasteiger partial charge < -0.3 is 4.90 Å². The van der Waals surface area contributed by atoms with E-state index < -0.39 is 10.0 Å². The molecule has 1 aliphatic carbocycles. The summed E-state index contributed by atoms with van der Waals surface area (Å²) in [6.45, 7) is 3.34. The number of hydrogen-bond acceptors (Lipinski definition) is 3. The second kappa shape index (κ2) is 8.60. The first-order valence-electron chi connectivity index (χ1n) is 10.1. The topological polar surface area (TPSA) is 49.4 Å². The zero-order valence-corrected chi connectivity index (χ0v) is 17.0. The van der Waals surface area contributed by atoms with Crippen molar-refractivity contribution in [2.24, 2.45) is 5.92 Å². The molecular weight excluding hydrogens is 368 g/mol. The molecule has 2 aromatic rings. The number of nitrogens with one attached hydrogen (secondary N) is 1. The number of piperidine rings is 1. The van der Waals surface area contributed by atoms with Crippen LogP contribution in [0.25, 0.3) is 6.08 Å². The lowest BCUT2D eigenvalue weighted by molar-refractivity contribution is 0.187. The van der Waals surface area contributed by atoms with Crippen molar-refractivity contribution < 1.29 is 8.42 Å². The number of nitrogens with zero attached hydrogens (tertiary/aromatic N) is 1. The molecule has 0 bridgehead atoms. The van der Waals surface area contributed by atoms with Gasteiger partial charge in [0.2, 0.25) is 10.0 Å². The molecule has 2 aliphatic rings. The van der Waals surface area contributed by atoms with Gasteiger partial charge in [0.05, 0.1) is 4.91 Å². The van der Waals surface area contributed by atoms with E-state index in [2.05, 4.69) is 40.0 Å². The molecule has 4 nitrogen and oxygen atoms in total. The molecule has 0 atom stereocenters. The summed E-state index contributed by atoms with van der Waals surface area (Å²) in [6, 6.07) is 18.5. The van der Waals surface area contributed by atoms with Crippen LogP contribution < -0.4 is 4.72 Å². The van der Waals surface area contributed by atoms with Crippen molar-refractivity contribution in [1.82, 2.24) is 9.62 Å². The van der Waals surface area contributed by atoms with Gasteiger partial charge >= 0.3 is 0 Å². The van der Waals surface area contributed by atoms with Gasteiger partial charge in [-0.1, -0.05) is 54.6 Å². The third-order valence-electron chi connectivity index (χ3n) is 5.88. The van der Waals surface area contributed by atoms with Gasteiger partial charge in [-0.2, -0.15) is 0 Å². The summed E-state index contributed by atoms with van der Waals surface area (Å²) in [5.74, 6) is 0.734. The Balaban J connectivity index is 1.21. The van der Waals surface area contributed by atoms with Crippen LogP contribution in [0.2, 0.25) is 0 Å². The maximum Gasteiger partial charge on any atom is 0.237 e. The average molecular weight is 397 g/mol. The predicted molar refractivity (Wildman–Crippen MR) is 114 cm³/mol. The molecule has 28 heavy (non-hydrogen) atoms. The lowest BCUT2D eigenvalue weighted by Gasteiger charge is -2.32. The molecule has 0 unspecified atom stereocenters. The maximum atomic E-state index is 12.6. The van der Waals surface area contributed by atoms with E-state index in [4.69, 9.17) is 0 Å². The molecule has 0 saturated carbocycles. The summed E-state index contributed by atoms with van der Waals surface area (Å²) in [4.78, 5) is 2.86. The largest absolute Gasteiger partial charge is 0.302 e. The SMILES string of the molecule is O=S(=O)(NCCN1CCC(Cc2ccccc2)CC1)C1=Cc2ccccc2C1. The van der Waals surface area contributed by atoms with Gasteiger partial charge in [-0.15, -0.1) is 0 Å². The van der Waals surface area contributed by atoms with Crippen molar-refractivity contribution in [3.8, 4) is 0 Å². The number of sulfonamides is 1. The van der Waals surface area contributed by atoms with E-state index in [0.29, 0.717) is 17.9 Å². The van der Waals surface area contributed by atoms with E-state index in [1.165, 1.54) is 18.4 Å². The molecule has 148 valence electrons. The molecule has 0 radical (unpaired) electrons. The van der Waals surface area contributed by atoms with Gasteiger partial charge in [0.25, 0.3) is 0 Å². The van der Waals surface area contributed by atoms with Gasteiger partial charge in [0.15, 0.2) is 0 Å². The van der Waals surface area contributed by atoms with E-state index in [9.17, 15) is 8.42 Å². The summed E-state index contributed by atoms with van der Waals surface area (Å²) in [7, 11) is -3.40. The minimum Gasteiger partial charge on any atom is -0.302 e. The van der Waals surface area contributed by atoms with Gasteiger partial charge in [-0.25, -0.2) is 13.1 Å². The number of benzene rings is 2. The number of likely N-dealkylation sites (tertiary alicyclic amines) is 1. The summed E-state index contributed by atoms with van der Waals surface area (Å²) in [5, 5.41) is 0. The summed E-state index contributed by atoms with van der Waals surface area (Å²) in [6.07, 6.45) is 5.81. The average Bonchev–Trinajstić information content (AvgIpc) is 3.15. The van der Waals surface area contributed by atoms with Crippen LogP contribution >= 0.6 is 0 Å². The van der Waals surface area contributed by atoms with Crippen LogP contribution in [0.5, 0.6) is 0 Å². The Labute approximate surface area is 168 Å². The first-order chi connectivity index (χ1) is 13.6. The molecular formula is C23H28N2O2S. The number of fused-ring (bicyclic) bond motifs is 1. The number of allylic oxidation sites excluding steroid dienone is 1. The van der Waals surface area contributed by atoms with Crippen molar-refractivity contribution in [2.45, 2.75) is 25.7 Å². The van der Waals surface area contributed by atoms with Crippen molar-refractivity contribution in [1.29, 1.82) is 0 Å². The third-order valence-corrected chi connectivity index (χ3v) is 7.41. The van der Waals surface area contributed by atoms with E-state index in [-0.39, 0.29) is 0 Å². The highest BCUT2D eigenvalue weighted by molar-refractivity contribution is 7.93. The molecule has 0 spiro atoms. The highest BCUT2D eigenvalue weighted by Gasteiger charge is 2.24. The lowest BCUT2D eigenvalue weighted by atomic mass is 9.90. The second-order valence-electron chi connectivity index (χ2n) is 7.86. The first-order valence-corrected chi connectivity index (χ1v) is 11.6. The normalized spacial score (nSPS) is 18.1. The molecule has 1 saturated heterocycles. The first kappa shape index (κ1) is 19.4. The molecule has 0 amide bonds. The van der Waals surface area contributed by atoms with E-state index in [1.54, 1.807) is 6.08 Å². The molecule has 2 aromatic carbocycles. The molecule has 1 heterocycles. The lowest BCUT2D eigenvalue weighted by Crippen LogP contribution is -2.40. The predicted octanol–water partition coefficient (Wildman–Crippen LogP) is 3.46. The van der Waals surface area contributed by atoms with Crippen LogP contribution in [0.4, 0.5) is 0 Å². The zero-order valence-electron chi connectivity index (χ0n) is 16.2. The number of rotatable bonds is 7. The summed E-state index contributed by atoms with van der Waals surface area (Å²) in [5.41, 5.74) is 3.52. The monoisotopic (exact) mass is 396 g/mol. The van der Waals surface area contributed by atoms with Crippen LogP contribution in [0.3, 0.4) is 0 Å². The minimum absolute atomic E-state index is 0.472. The Hall–Kier alpha value is -1.95. The Morgan fingerprint density at radius 3 is 2.43 bits per heavy atom. The molecule has 1 N–H and O–H groups in total. The third kappa shape index (κ3) is 4.72. The van der Waals surface area contributed by atoms with Crippen molar-refractivity contribution in [2.75, 3.05) is 26.2 Å². The minimum atomic E-state index is -3.40. The number of hydrogen-bond donors (Lipinski definition) is 1. The van der Waals surface area contributed by atoms with Gasteiger partial charge in [0, 0.05) is 19.5 Å². The maximum absolute atomic E-state index is 12.6. The smallest absolute Gasteiger partial charge is 0.237 e. The Morgan fingerprint density at radius 2 is 1.68 bits per heavy atom. The van der Waals surface area contributed by atoms with Gasteiger partial charge in [-0.05, 0) is 61.0 Å². The van der Waals surface area contributed by atoms with Crippen molar-refractivity contribution >= 4 is 16.1 Å². The van der Waals surface area contributed by atoms with Crippen molar-refractivity contribution in [3.05, 3.63) is 76.2 Å². The molecule has 5 heteroatoms. The van der Waals surface area contributed by atoms with E-state index >= 15 is 0 Å². The zero-order chi connectivity index (χ0) is 19.4. The Kier molecular flexibility index (Phi) is 5.95. The molecule has 4 rings (SSSR count). The second-order valence-corrected chi connectivity index (χ2v) is 9.68. The van der Waals surface area contributed by atoms with Crippen LogP contribution in [-0.2, 0) is 22.9 Å². The quantitative estimate of drug-likeness (QED) is 0.780. The van der Waals surface area contributed by atoms with Crippen LogP contribution in [0, 0.1) is 5.92 Å². The van der Waals surface area contributed by atoms with Gasteiger partial charge in [0.1, 0.15) is 0 Å². The van der Waals surface area contributed by atoms with Crippen molar-refractivity contribution in [3.63, 3.8) is 0 Å². The summed E-state index contributed by atoms with van der Waals surface area (Å²) >= 11 is 0. The fraction of sp³-hybridized carbons (Fsp3) is 0.391. The standard InChI is InChI=1S/C23H28N2O2S/c26-28(27,23-17-21-8-4-5-9-22(21)18-23)24-12-15-25-13-10-20(11-14-25)16-19-6-2-1-3-7-19/h1-9,17,20,24H,10-16,18H2. The fourth-order valence-electron chi connectivity index (χ4n) is 4.21. The highest BCUT2D eigenvalue weighted by atomic mass is 32.2. The van der Waals surface area contributed by atoms with Crippen LogP contribution in [-0.4, -0.2) is 39.5 Å². The fourth-order valence-corrected chi connectivity index (χ4v) is 5.39. The van der Waals surface area contributed by atoms with E-state index in [0.717, 1.165) is 43.1 Å². The Bertz CT molecular complexity index is 930.